The van der Waals surface area contributed by atoms with Crippen LogP contribution < -0.4 is 16.2 Å². The number of anilines is 2. The van der Waals surface area contributed by atoms with Crippen LogP contribution in [0.4, 0.5) is 11.4 Å². The van der Waals surface area contributed by atoms with Gasteiger partial charge in [0, 0.05) is 12.2 Å². The molecule has 0 aromatic heterocycles. The molecule has 0 saturated carbocycles. The Morgan fingerprint density at radius 2 is 1.83 bits per heavy atom. The van der Waals surface area contributed by atoms with Crippen LogP contribution in [-0.4, -0.2) is 33.7 Å². The highest BCUT2D eigenvalue weighted by atomic mass is 32.2. The van der Waals surface area contributed by atoms with Crippen LogP contribution in [0.2, 0.25) is 0 Å². The van der Waals surface area contributed by atoms with E-state index in [1.165, 1.54) is 12.1 Å². The van der Waals surface area contributed by atoms with Crippen LogP contribution in [-0.2, 0) is 20.1 Å². The van der Waals surface area contributed by atoms with E-state index in [1.54, 1.807) is 0 Å². The zero-order chi connectivity index (χ0) is 14.0. The third-order valence-corrected chi connectivity index (χ3v) is 3.66. The summed E-state index contributed by atoms with van der Waals surface area (Å²) in [5.74, 6) is -0.554. The van der Waals surface area contributed by atoms with Gasteiger partial charge in [-0.05, 0) is 18.2 Å². The minimum absolute atomic E-state index is 0.121. The monoisotopic (exact) mass is 295 g/mol. The lowest BCUT2D eigenvalue weighted by atomic mass is 10.3. The molecule has 0 atom stereocenters. The SMILES string of the molecule is Nc1ccc(NCCS(=O)(=O)O)c(S(N)(=O)=O)c1. The normalized spacial score (nSPS) is 12.3. The molecule has 0 bridgehead atoms. The van der Waals surface area contributed by atoms with Gasteiger partial charge in [0.05, 0.1) is 11.4 Å². The van der Waals surface area contributed by atoms with E-state index in [2.05, 4.69) is 5.32 Å². The van der Waals surface area contributed by atoms with Crippen molar-refractivity contribution in [2.45, 2.75) is 4.90 Å². The molecule has 0 aliphatic heterocycles. The smallest absolute Gasteiger partial charge is 0.266 e. The van der Waals surface area contributed by atoms with Crippen molar-refractivity contribution in [3.63, 3.8) is 0 Å². The summed E-state index contributed by atoms with van der Waals surface area (Å²) in [6, 6.07) is 3.95. The standard InChI is InChI=1S/C8H13N3O5S2/c9-6-1-2-7(8(5-6)18(10,15)16)11-3-4-17(12,13)14/h1-2,5,11H,3-4,9H2,(H2,10,15,16)(H,12,13,14). The molecule has 0 saturated heterocycles. The fourth-order valence-corrected chi connectivity index (χ4v) is 2.34. The number of nitrogens with one attached hydrogen (secondary N) is 1. The van der Waals surface area contributed by atoms with E-state index in [0.717, 1.165) is 6.07 Å². The maximum atomic E-state index is 11.3. The number of hydrogen-bond acceptors (Lipinski definition) is 6. The van der Waals surface area contributed by atoms with Crippen LogP contribution in [0, 0.1) is 0 Å². The van der Waals surface area contributed by atoms with Crippen LogP contribution in [0.3, 0.4) is 0 Å². The number of sulfonamides is 1. The average molecular weight is 295 g/mol. The zero-order valence-corrected chi connectivity index (χ0v) is 10.8. The topological polar surface area (TPSA) is 153 Å². The van der Waals surface area contributed by atoms with Gasteiger partial charge in [-0.1, -0.05) is 0 Å². The van der Waals surface area contributed by atoms with Gasteiger partial charge in [-0.3, -0.25) is 4.55 Å². The van der Waals surface area contributed by atoms with Crippen LogP contribution in [0.25, 0.3) is 0 Å². The van der Waals surface area contributed by atoms with Gasteiger partial charge >= 0.3 is 0 Å². The van der Waals surface area contributed by atoms with Crippen LogP contribution >= 0.6 is 0 Å². The van der Waals surface area contributed by atoms with E-state index in [4.69, 9.17) is 15.4 Å². The highest BCUT2D eigenvalue weighted by Gasteiger charge is 2.14. The minimum Gasteiger partial charge on any atom is -0.399 e. The van der Waals surface area contributed by atoms with E-state index in [9.17, 15) is 16.8 Å². The Morgan fingerprint density at radius 3 is 2.33 bits per heavy atom. The summed E-state index contributed by atoms with van der Waals surface area (Å²) in [4.78, 5) is -0.238. The van der Waals surface area contributed by atoms with Gasteiger partial charge in [-0.15, -0.1) is 0 Å². The van der Waals surface area contributed by atoms with Crippen molar-refractivity contribution in [2.24, 2.45) is 5.14 Å². The number of rotatable bonds is 5. The Hall–Kier alpha value is -1.36. The number of nitrogen functional groups attached to an aromatic ring is 1. The molecule has 0 spiro atoms. The Kier molecular flexibility index (Phi) is 4.16. The summed E-state index contributed by atoms with van der Waals surface area (Å²) in [6.45, 7) is -0.161. The van der Waals surface area contributed by atoms with E-state index in [1.807, 2.05) is 0 Å². The molecule has 0 heterocycles. The first-order valence-electron chi connectivity index (χ1n) is 4.71. The molecular formula is C8H13N3O5S2. The summed E-state index contributed by atoms with van der Waals surface area (Å²) in [5, 5.41) is 7.54. The molecule has 0 aliphatic rings. The first-order valence-corrected chi connectivity index (χ1v) is 7.86. The molecular weight excluding hydrogens is 282 g/mol. The van der Waals surface area contributed by atoms with Gasteiger partial charge in [0.25, 0.3) is 10.1 Å². The van der Waals surface area contributed by atoms with Gasteiger partial charge in [0.2, 0.25) is 10.0 Å². The van der Waals surface area contributed by atoms with Gasteiger partial charge < -0.3 is 11.1 Å². The highest BCUT2D eigenvalue weighted by Crippen LogP contribution is 2.22. The van der Waals surface area contributed by atoms with Gasteiger partial charge in [-0.2, -0.15) is 8.42 Å². The second-order valence-electron chi connectivity index (χ2n) is 3.51. The molecule has 18 heavy (non-hydrogen) atoms. The molecule has 6 N–H and O–H groups in total. The van der Waals surface area contributed by atoms with Crippen molar-refractivity contribution in [1.82, 2.24) is 0 Å². The van der Waals surface area contributed by atoms with Crippen molar-refractivity contribution in [2.75, 3.05) is 23.3 Å². The summed E-state index contributed by atoms with van der Waals surface area (Å²) in [6.07, 6.45) is 0. The predicted octanol–water partition coefficient (Wildman–Crippen LogP) is -0.784. The number of hydrogen-bond donors (Lipinski definition) is 4. The number of primary sulfonamides is 1. The third-order valence-electron chi connectivity index (χ3n) is 1.99. The van der Waals surface area contributed by atoms with Crippen molar-refractivity contribution in [3.8, 4) is 0 Å². The third kappa shape index (κ3) is 4.49. The van der Waals surface area contributed by atoms with Crippen molar-refractivity contribution < 1.29 is 21.4 Å². The molecule has 1 aromatic rings. The number of nitrogens with two attached hydrogens (primary N) is 2. The van der Waals surface area contributed by atoms with Crippen LogP contribution in [0.5, 0.6) is 0 Å². The lowest BCUT2D eigenvalue weighted by molar-refractivity contribution is 0.484. The van der Waals surface area contributed by atoms with Crippen molar-refractivity contribution >= 4 is 31.5 Å². The second-order valence-corrected chi connectivity index (χ2v) is 6.62. The molecule has 1 aromatic carbocycles. The fraction of sp³-hybridized carbons (Fsp3) is 0.250. The Balaban J connectivity index is 2.96. The van der Waals surface area contributed by atoms with Crippen molar-refractivity contribution in [1.29, 1.82) is 0 Å². The average Bonchev–Trinajstić information content (AvgIpc) is 2.17. The second kappa shape index (κ2) is 5.10. The zero-order valence-electron chi connectivity index (χ0n) is 9.20. The Bertz CT molecular complexity index is 639. The molecule has 0 radical (unpaired) electrons. The lowest BCUT2D eigenvalue weighted by Gasteiger charge is -2.10. The van der Waals surface area contributed by atoms with Gasteiger partial charge in [-0.25, -0.2) is 13.6 Å². The van der Waals surface area contributed by atoms with Crippen LogP contribution in [0.15, 0.2) is 23.1 Å². The first-order chi connectivity index (χ1) is 8.09. The maximum absolute atomic E-state index is 11.3. The lowest BCUT2D eigenvalue weighted by Crippen LogP contribution is -2.19. The maximum Gasteiger partial charge on any atom is 0.266 e. The summed E-state index contributed by atoms with van der Waals surface area (Å²) in [5.41, 5.74) is 5.77. The number of benzene rings is 1. The van der Waals surface area contributed by atoms with Crippen molar-refractivity contribution in [3.05, 3.63) is 18.2 Å². The largest absolute Gasteiger partial charge is 0.399 e. The van der Waals surface area contributed by atoms with E-state index in [0.29, 0.717) is 0 Å². The Labute approximate surface area is 105 Å². The molecule has 0 fully saturated rings. The Morgan fingerprint density at radius 1 is 1.22 bits per heavy atom. The summed E-state index contributed by atoms with van der Waals surface area (Å²) < 4.78 is 52.1. The van der Waals surface area contributed by atoms with Gasteiger partial charge in [0.15, 0.2) is 0 Å². The molecule has 10 heteroatoms. The minimum atomic E-state index is -4.12. The molecule has 0 aliphatic carbocycles. The highest BCUT2D eigenvalue weighted by molar-refractivity contribution is 7.89. The molecule has 0 unspecified atom stereocenters. The first kappa shape index (κ1) is 14.7. The fourth-order valence-electron chi connectivity index (χ4n) is 1.24. The van der Waals surface area contributed by atoms with Crippen LogP contribution in [0.1, 0.15) is 0 Å². The van der Waals surface area contributed by atoms with E-state index >= 15 is 0 Å². The van der Waals surface area contributed by atoms with E-state index in [-0.39, 0.29) is 22.8 Å². The molecule has 1 rings (SSSR count). The molecule has 8 nitrogen and oxygen atoms in total. The quantitative estimate of drug-likeness (QED) is 0.410. The predicted molar refractivity (Wildman–Crippen MR) is 67.1 cm³/mol. The van der Waals surface area contributed by atoms with Gasteiger partial charge in [0.1, 0.15) is 4.90 Å². The molecule has 0 amide bonds. The molecule has 102 valence electrons. The summed E-state index contributed by atoms with van der Waals surface area (Å²) in [7, 11) is -8.09. The van der Waals surface area contributed by atoms with E-state index < -0.39 is 25.9 Å². The summed E-state index contributed by atoms with van der Waals surface area (Å²) >= 11 is 0.